The van der Waals surface area contributed by atoms with Crippen molar-refractivity contribution < 1.29 is 85.8 Å². The fourth-order valence-corrected chi connectivity index (χ4v) is 10.7. The molecular weight excluding hydrogens is 955 g/mol. The topological polar surface area (TPSA) is 384 Å². The zero-order valence-corrected chi connectivity index (χ0v) is 40.6. The van der Waals surface area contributed by atoms with Gasteiger partial charge in [0.05, 0.1) is 18.5 Å². The maximum Gasteiger partial charge on any atom is 0.479 e. The summed E-state index contributed by atoms with van der Waals surface area (Å²) in [6, 6.07) is 0. The predicted octanol–water partition coefficient (Wildman–Crippen LogP) is 3.48. The van der Waals surface area contributed by atoms with Crippen LogP contribution in [-0.2, 0) is 50.9 Å². The van der Waals surface area contributed by atoms with Crippen LogP contribution in [0.1, 0.15) is 116 Å². The van der Waals surface area contributed by atoms with E-state index < -0.39 is 84.3 Å². The number of nitrogens with zero attached hydrogens (tertiary/aromatic N) is 4. The average Bonchev–Trinajstić information content (AvgIpc) is 3.79. The molecule has 1 fully saturated rings. The van der Waals surface area contributed by atoms with Crippen LogP contribution < -0.4 is 16.4 Å². The average molecular weight is 1020 g/mol. The number of hydrogen-bond donors (Lipinski definition) is 10. The number of carboxylic acids is 1. The number of hydrogen-bond acceptors (Lipinski definition) is 18. The highest BCUT2D eigenvalue weighted by atomic mass is 32.2. The molecule has 3 heterocycles. The van der Waals surface area contributed by atoms with Gasteiger partial charge in [0.2, 0.25) is 5.91 Å². The van der Waals surface area contributed by atoms with Crippen molar-refractivity contribution in [3.63, 3.8) is 0 Å². The highest BCUT2D eigenvalue weighted by molar-refractivity contribution is 7.99. The van der Waals surface area contributed by atoms with Crippen molar-refractivity contribution >= 4 is 69.8 Å². The number of imidazole rings is 1. The van der Waals surface area contributed by atoms with Crippen molar-refractivity contribution in [1.29, 1.82) is 0 Å². The number of thioether (sulfide) groups is 1. The molecule has 0 saturated carbocycles. The van der Waals surface area contributed by atoms with Crippen LogP contribution in [0.4, 0.5) is 5.82 Å². The second kappa shape index (κ2) is 28.1. The number of aliphatic hydroxyl groups excluding tert-OH is 2. The van der Waals surface area contributed by atoms with E-state index in [-0.39, 0.29) is 42.3 Å². The summed E-state index contributed by atoms with van der Waals surface area (Å²) < 4.78 is 63.1. The van der Waals surface area contributed by atoms with Gasteiger partial charge in [-0.05, 0) is 32.4 Å². The van der Waals surface area contributed by atoms with E-state index in [2.05, 4.69) is 34.4 Å². The number of fused-ring (bicyclic) bond motifs is 1. The Morgan fingerprint density at radius 1 is 0.879 bits per heavy atom. The quantitative estimate of drug-likeness (QED) is 0.0349. The molecule has 0 bridgehead atoms. The van der Waals surface area contributed by atoms with E-state index in [1.54, 1.807) is 11.8 Å². The standard InChI is InChI=1S/C37H66N7O18P3S/c1-37(2,32(49)35(50)40-18-17-27(45)39-19-21-66-20-15-13-11-9-7-5-3-4-6-8-10-12-14-16-28(46)47)58-25-63(51,52)62-65(56,57)59-22-26-31(61-64(53,54)55)30(48)36(60-26)44-24-43-29-33(38)41-23-42-34(29)44/h23-24,26,30-32,36,48-49H,3-22,25H2,1-2H3,(H,39,45)(H,40,50)(H,46,47)(H,51,52)(H,56,57)(H2,38,41,42)(H2,53,54,55)/t26-,30-,31-,32?,36-/m1/s1. The molecule has 25 nitrogen and oxygen atoms in total. The maximum atomic E-state index is 12.8. The molecule has 66 heavy (non-hydrogen) atoms. The third kappa shape index (κ3) is 21.3. The van der Waals surface area contributed by atoms with E-state index in [1.807, 2.05) is 0 Å². The first-order valence-corrected chi connectivity index (χ1v) is 27.6. The fraction of sp³-hybridized carbons (Fsp3) is 0.784. The Hall–Kier alpha value is -2.64. The number of nitrogen functional groups attached to an aromatic ring is 1. The number of unbranched alkanes of at least 4 members (excludes halogenated alkanes) is 12. The van der Waals surface area contributed by atoms with Crippen LogP contribution in [0.5, 0.6) is 0 Å². The number of ether oxygens (including phenoxy) is 2. The number of aromatic nitrogens is 4. The van der Waals surface area contributed by atoms with Gasteiger partial charge in [0.25, 0.3) is 5.91 Å². The van der Waals surface area contributed by atoms with Gasteiger partial charge >= 0.3 is 29.2 Å². The molecule has 378 valence electrons. The van der Waals surface area contributed by atoms with Gasteiger partial charge < -0.3 is 60.7 Å². The molecule has 0 aromatic carbocycles. The van der Waals surface area contributed by atoms with Crippen LogP contribution in [0.3, 0.4) is 0 Å². The maximum absolute atomic E-state index is 12.8. The minimum atomic E-state index is -5.52. The van der Waals surface area contributed by atoms with E-state index in [0.29, 0.717) is 6.54 Å². The number of phosphoric acid groups is 2. The van der Waals surface area contributed by atoms with Crippen LogP contribution >= 0.6 is 35.0 Å². The lowest BCUT2D eigenvalue weighted by Crippen LogP contribution is -2.50. The second-order valence-electron chi connectivity index (χ2n) is 16.2. The number of carboxylic acid groups (broad SMARTS) is 1. The highest BCUT2D eigenvalue weighted by Gasteiger charge is 2.50. The first-order valence-electron chi connectivity index (χ1n) is 21.7. The molecule has 1 aliphatic rings. The number of phosphoric ester groups is 2. The Kier molecular flexibility index (Phi) is 24.6. The molecule has 2 aromatic heterocycles. The van der Waals surface area contributed by atoms with Crippen molar-refractivity contribution in [3.05, 3.63) is 12.7 Å². The Labute approximate surface area is 387 Å². The molecule has 0 spiro atoms. The molecule has 3 rings (SSSR count). The summed E-state index contributed by atoms with van der Waals surface area (Å²) in [7, 11) is -16.0. The molecule has 11 N–H and O–H groups in total. The van der Waals surface area contributed by atoms with E-state index in [9.17, 15) is 57.9 Å². The summed E-state index contributed by atoms with van der Waals surface area (Å²) in [6.45, 7) is 1.58. The normalized spacial score (nSPS) is 20.2. The number of aliphatic hydroxyl groups is 2. The largest absolute Gasteiger partial charge is 0.481 e. The van der Waals surface area contributed by atoms with E-state index >= 15 is 0 Å². The summed E-state index contributed by atoms with van der Waals surface area (Å²) in [6.07, 6.45) is 7.02. The molecule has 0 radical (unpaired) electrons. The van der Waals surface area contributed by atoms with Crippen molar-refractivity contribution in [2.24, 2.45) is 0 Å². The van der Waals surface area contributed by atoms with Crippen molar-refractivity contribution in [3.8, 4) is 0 Å². The third-order valence-corrected chi connectivity index (χ3v) is 14.6. The lowest BCUT2D eigenvalue weighted by molar-refractivity contribution is -0.147. The van der Waals surface area contributed by atoms with Crippen LogP contribution in [0, 0.1) is 0 Å². The Morgan fingerprint density at radius 2 is 1.48 bits per heavy atom. The molecule has 2 amide bonds. The van der Waals surface area contributed by atoms with Crippen LogP contribution in [0.25, 0.3) is 11.2 Å². The fourth-order valence-electron chi connectivity index (χ4n) is 6.72. The zero-order chi connectivity index (χ0) is 49.0. The summed E-state index contributed by atoms with van der Waals surface area (Å²) in [5.74, 6) is -0.339. The Balaban J connectivity index is 1.28. The van der Waals surface area contributed by atoms with Crippen LogP contribution in [0.2, 0.25) is 0 Å². The minimum Gasteiger partial charge on any atom is -0.481 e. The van der Waals surface area contributed by atoms with Gasteiger partial charge in [-0.3, -0.25) is 32.6 Å². The number of nitrogens with one attached hydrogen (secondary N) is 2. The van der Waals surface area contributed by atoms with E-state index in [0.717, 1.165) is 60.8 Å². The summed E-state index contributed by atoms with van der Waals surface area (Å²) >= 11 is 1.74. The second-order valence-corrected chi connectivity index (χ2v) is 22.0. The minimum absolute atomic E-state index is 0.0355. The molecule has 29 heteroatoms. The highest BCUT2D eigenvalue weighted by Crippen LogP contribution is 2.60. The Morgan fingerprint density at radius 3 is 2.09 bits per heavy atom. The van der Waals surface area contributed by atoms with Gasteiger partial charge in [-0.1, -0.05) is 70.6 Å². The number of aliphatic carboxylic acids is 1. The van der Waals surface area contributed by atoms with Crippen molar-refractivity contribution in [2.45, 2.75) is 146 Å². The first kappa shape index (κ1) is 57.7. The van der Waals surface area contributed by atoms with Crippen molar-refractivity contribution in [1.82, 2.24) is 30.2 Å². The van der Waals surface area contributed by atoms with Gasteiger partial charge in [-0.15, -0.1) is 0 Å². The molecule has 2 aromatic rings. The number of amides is 2. The molecule has 1 aliphatic heterocycles. The van der Waals surface area contributed by atoms with E-state index in [1.165, 1.54) is 65.2 Å². The van der Waals surface area contributed by atoms with Crippen LogP contribution in [-0.4, -0.2) is 140 Å². The SMILES string of the molecule is CC(C)(OCP(=O)(O)OP(=O)(O)OC[C@H]1O[C@@H](n2cnc3c(N)ncnc32)[C@H](O)[C@@H]1OP(=O)(O)O)C(O)C(=O)NCCC(=O)NCCSCCCCCCCCCCCCCCCC(=O)O. The summed E-state index contributed by atoms with van der Waals surface area (Å²) in [5, 5.41) is 35.3. The van der Waals surface area contributed by atoms with Gasteiger partial charge in [0.1, 0.15) is 36.5 Å². The van der Waals surface area contributed by atoms with Gasteiger partial charge in [0.15, 0.2) is 23.8 Å². The lowest BCUT2D eigenvalue weighted by Gasteiger charge is -2.30. The van der Waals surface area contributed by atoms with Gasteiger partial charge in [0, 0.05) is 31.7 Å². The number of nitrogens with two attached hydrogens (primary N) is 1. The van der Waals surface area contributed by atoms with Crippen LogP contribution in [0.15, 0.2) is 12.7 Å². The predicted molar refractivity (Wildman–Crippen MR) is 240 cm³/mol. The lowest BCUT2D eigenvalue weighted by atomic mass is 10.0. The molecular formula is C37H66N7O18P3S. The molecule has 3 unspecified atom stereocenters. The smallest absolute Gasteiger partial charge is 0.479 e. The monoisotopic (exact) mass is 1020 g/mol. The van der Waals surface area contributed by atoms with Gasteiger partial charge in [-0.2, -0.15) is 11.8 Å². The number of carbonyl (C=O) groups is 3. The van der Waals surface area contributed by atoms with Gasteiger partial charge in [-0.25, -0.2) is 28.4 Å². The molecule has 7 atom stereocenters. The molecule has 1 saturated heterocycles. The van der Waals surface area contributed by atoms with Crippen molar-refractivity contribution in [2.75, 3.05) is 43.3 Å². The number of anilines is 1. The zero-order valence-electron chi connectivity index (χ0n) is 37.1. The first-order chi connectivity index (χ1) is 31.0. The molecule has 0 aliphatic carbocycles. The third-order valence-electron chi connectivity index (χ3n) is 10.3. The number of carbonyl (C=O) groups excluding carboxylic acids is 2. The summed E-state index contributed by atoms with van der Waals surface area (Å²) in [4.78, 5) is 86.7. The Bertz CT molecular complexity index is 1980. The summed E-state index contributed by atoms with van der Waals surface area (Å²) in [5.41, 5.74) is 4.05. The number of rotatable bonds is 35. The van der Waals surface area contributed by atoms with E-state index in [4.69, 9.17) is 24.8 Å².